The van der Waals surface area contributed by atoms with Crippen molar-refractivity contribution in [2.24, 2.45) is 0 Å². The molecule has 0 unspecified atom stereocenters. The van der Waals surface area contributed by atoms with Crippen LogP contribution in [-0.4, -0.2) is 34.3 Å². The van der Waals surface area contributed by atoms with Gasteiger partial charge in [0.1, 0.15) is 0 Å². The molecule has 1 N–H and O–H groups in total. The first kappa shape index (κ1) is 24.4. The number of aromatic nitrogens is 2. The highest BCUT2D eigenvalue weighted by molar-refractivity contribution is 8.00. The van der Waals surface area contributed by atoms with Gasteiger partial charge in [0.05, 0.1) is 22.7 Å². The third kappa shape index (κ3) is 4.72. The Morgan fingerprint density at radius 2 is 1.76 bits per heavy atom. The van der Waals surface area contributed by atoms with Gasteiger partial charge in [-0.15, -0.1) is 0 Å². The number of thioether (sulfide) groups is 1. The maximum absolute atomic E-state index is 13.8. The standard InChI is InChI=1S/C27H22ClN3O6S/c1-2-24(25(32)29-17-5-3-4-16(28)9-17)38-27-30-19-11-23-22(36-14-37-23)10-18(19)26(33)31(27)12-15-6-7-20-21(8-15)35-13-34-20/h3-11,24H,2,12-14H2,1H3,(H,29,32)/t24-/m1/s1. The zero-order chi connectivity index (χ0) is 26.2. The van der Waals surface area contributed by atoms with Crippen molar-refractivity contribution in [2.75, 3.05) is 18.9 Å². The van der Waals surface area contributed by atoms with E-state index in [0.29, 0.717) is 56.2 Å². The van der Waals surface area contributed by atoms with Crippen LogP contribution < -0.4 is 29.8 Å². The third-order valence-corrected chi connectivity index (χ3v) is 7.78. The summed E-state index contributed by atoms with van der Waals surface area (Å²) in [6.07, 6.45) is 0.510. The lowest BCUT2D eigenvalue weighted by Gasteiger charge is -2.18. The molecule has 0 radical (unpaired) electrons. The van der Waals surface area contributed by atoms with Crippen LogP contribution >= 0.6 is 23.4 Å². The van der Waals surface area contributed by atoms with Crippen LogP contribution in [0, 0.1) is 0 Å². The second-order valence-corrected chi connectivity index (χ2v) is 10.3. The van der Waals surface area contributed by atoms with Crippen LogP contribution in [0.15, 0.2) is 64.5 Å². The van der Waals surface area contributed by atoms with E-state index in [9.17, 15) is 9.59 Å². The predicted molar refractivity (Wildman–Crippen MR) is 144 cm³/mol. The van der Waals surface area contributed by atoms with Gasteiger partial charge in [-0.3, -0.25) is 14.2 Å². The predicted octanol–water partition coefficient (Wildman–Crippen LogP) is 5.07. The van der Waals surface area contributed by atoms with E-state index in [4.69, 9.17) is 35.5 Å². The summed E-state index contributed by atoms with van der Waals surface area (Å²) >= 11 is 7.31. The molecule has 3 heterocycles. The Hall–Kier alpha value is -3.89. The number of rotatable bonds is 7. The highest BCUT2D eigenvalue weighted by Gasteiger charge is 2.25. The number of ether oxygens (including phenoxy) is 4. The molecule has 38 heavy (non-hydrogen) atoms. The van der Waals surface area contributed by atoms with Gasteiger partial charge in [-0.25, -0.2) is 4.98 Å². The minimum absolute atomic E-state index is 0.0836. The van der Waals surface area contributed by atoms with Crippen molar-refractivity contribution in [3.8, 4) is 23.0 Å². The van der Waals surface area contributed by atoms with Crippen LogP contribution in [0.25, 0.3) is 10.9 Å². The van der Waals surface area contributed by atoms with Crippen molar-refractivity contribution >= 4 is 45.9 Å². The smallest absolute Gasteiger partial charge is 0.262 e. The summed E-state index contributed by atoms with van der Waals surface area (Å²) in [6, 6.07) is 15.8. The highest BCUT2D eigenvalue weighted by atomic mass is 35.5. The van der Waals surface area contributed by atoms with Crippen molar-refractivity contribution < 1.29 is 23.7 Å². The Balaban J connectivity index is 1.38. The van der Waals surface area contributed by atoms with E-state index in [1.165, 1.54) is 11.8 Å². The second kappa shape index (κ2) is 10.1. The Morgan fingerprint density at radius 3 is 2.53 bits per heavy atom. The third-order valence-electron chi connectivity index (χ3n) is 6.19. The SMILES string of the molecule is CC[C@@H](Sc1nc2cc3c(cc2c(=O)n1Cc1ccc2c(c1)OCO2)OCO3)C(=O)Nc1cccc(Cl)c1. The van der Waals surface area contributed by atoms with E-state index >= 15 is 0 Å². The maximum atomic E-state index is 13.8. The van der Waals surface area contributed by atoms with Crippen molar-refractivity contribution in [3.63, 3.8) is 0 Å². The second-order valence-electron chi connectivity index (χ2n) is 8.71. The molecule has 9 nitrogen and oxygen atoms in total. The summed E-state index contributed by atoms with van der Waals surface area (Å²) < 4.78 is 23.5. The lowest BCUT2D eigenvalue weighted by atomic mass is 10.2. The van der Waals surface area contributed by atoms with Gasteiger partial charge in [0, 0.05) is 16.8 Å². The van der Waals surface area contributed by atoms with E-state index in [-0.39, 0.29) is 31.6 Å². The monoisotopic (exact) mass is 551 g/mol. The molecule has 0 saturated heterocycles. The number of nitrogens with one attached hydrogen (secondary N) is 1. The number of carbonyl (C=O) groups excluding carboxylic acids is 1. The molecule has 1 atom stereocenters. The number of halogens is 1. The number of carbonyl (C=O) groups is 1. The van der Waals surface area contributed by atoms with E-state index in [2.05, 4.69) is 5.32 Å². The van der Waals surface area contributed by atoms with Gasteiger partial charge in [0.15, 0.2) is 28.2 Å². The van der Waals surface area contributed by atoms with Crippen molar-refractivity contribution in [1.29, 1.82) is 0 Å². The van der Waals surface area contributed by atoms with Gasteiger partial charge in [-0.2, -0.15) is 0 Å². The molecule has 2 aliphatic rings. The highest BCUT2D eigenvalue weighted by Crippen LogP contribution is 2.36. The molecule has 0 fully saturated rings. The Morgan fingerprint density at radius 1 is 1.03 bits per heavy atom. The van der Waals surface area contributed by atoms with Crippen LogP contribution in [0.3, 0.4) is 0 Å². The molecular formula is C27H22ClN3O6S. The molecular weight excluding hydrogens is 530 g/mol. The number of amides is 1. The molecule has 3 aromatic carbocycles. The lowest BCUT2D eigenvalue weighted by molar-refractivity contribution is -0.115. The van der Waals surface area contributed by atoms with Gasteiger partial charge < -0.3 is 24.3 Å². The zero-order valence-corrected chi connectivity index (χ0v) is 21.8. The molecule has 194 valence electrons. The average Bonchev–Trinajstić information content (AvgIpc) is 3.57. The van der Waals surface area contributed by atoms with E-state index < -0.39 is 5.25 Å². The summed E-state index contributed by atoms with van der Waals surface area (Å²) in [5.74, 6) is 2.09. The minimum Gasteiger partial charge on any atom is -0.454 e. The Labute approximate surface area is 226 Å². The normalized spacial score (nSPS) is 14.1. The summed E-state index contributed by atoms with van der Waals surface area (Å²) in [5.41, 5.74) is 1.64. The van der Waals surface area contributed by atoms with Gasteiger partial charge in [-0.05, 0) is 48.4 Å². The van der Waals surface area contributed by atoms with Crippen LogP contribution in [0.5, 0.6) is 23.0 Å². The zero-order valence-electron chi connectivity index (χ0n) is 20.2. The number of benzene rings is 3. The number of fused-ring (bicyclic) bond motifs is 3. The summed E-state index contributed by atoms with van der Waals surface area (Å²) in [5, 5.41) is 3.72. The maximum Gasteiger partial charge on any atom is 0.262 e. The Kier molecular flexibility index (Phi) is 6.50. The van der Waals surface area contributed by atoms with Crippen molar-refractivity contribution in [3.05, 3.63) is 75.5 Å². The molecule has 1 amide bonds. The average molecular weight is 552 g/mol. The number of anilines is 1. The first-order chi connectivity index (χ1) is 18.5. The van der Waals surface area contributed by atoms with Gasteiger partial charge in [0.2, 0.25) is 19.5 Å². The van der Waals surface area contributed by atoms with E-state index in [1.807, 2.05) is 25.1 Å². The molecule has 0 bridgehead atoms. The molecule has 1 aromatic heterocycles. The largest absolute Gasteiger partial charge is 0.454 e. The van der Waals surface area contributed by atoms with Crippen LogP contribution in [-0.2, 0) is 11.3 Å². The summed E-state index contributed by atoms with van der Waals surface area (Å²) in [7, 11) is 0. The quantitative estimate of drug-likeness (QED) is 0.251. The Bertz CT molecular complexity index is 1620. The van der Waals surface area contributed by atoms with Gasteiger partial charge in [-0.1, -0.05) is 42.4 Å². The minimum atomic E-state index is -0.518. The van der Waals surface area contributed by atoms with Crippen LogP contribution in [0.4, 0.5) is 5.69 Å². The van der Waals surface area contributed by atoms with E-state index in [1.54, 1.807) is 41.0 Å². The van der Waals surface area contributed by atoms with Gasteiger partial charge >= 0.3 is 0 Å². The fourth-order valence-corrected chi connectivity index (χ4v) is 5.48. The first-order valence-corrected chi connectivity index (χ1v) is 13.2. The number of hydrogen-bond donors (Lipinski definition) is 1. The van der Waals surface area contributed by atoms with Gasteiger partial charge in [0.25, 0.3) is 5.56 Å². The fraction of sp³-hybridized carbons (Fsp3) is 0.222. The summed E-state index contributed by atoms with van der Waals surface area (Å²) in [4.78, 5) is 31.8. The molecule has 0 aliphatic carbocycles. The summed E-state index contributed by atoms with van der Waals surface area (Å²) in [6.45, 7) is 2.38. The van der Waals surface area contributed by atoms with Crippen LogP contribution in [0.1, 0.15) is 18.9 Å². The first-order valence-electron chi connectivity index (χ1n) is 11.9. The van der Waals surface area contributed by atoms with Crippen molar-refractivity contribution in [2.45, 2.75) is 30.3 Å². The van der Waals surface area contributed by atoms with Crippen molar-refractivity contribution in [1.82, 2.24) is 9.55 Å². The molecule has 6 rings (SSSR count). The topological polar surface area (TPSA) is 101 Å². The number of nitrogens with zero attached hydrogens (tertiary/aromatic N) is 2. The van der Waals surface area contributed by atoms with Crippen LogP contribution in [0.2, 0.25) is 5.02 Å². The molecule has 4 aromatic rings. The lowest BCUT2D eigenvalue weighted by Crippen LogP contribution is -2.28. The molecule has 0 spiro atoms. The molecule has 0 saturated carbocycles. The molecule has 11 heteroatoms. The molecule has 2 aliphatic heterocycles. The number of hydrogen-bond acceptors (Lipinski definition) is 8. The fourth-order valence-electron chi connectivity index (χ4n) is 4.28. The van der Waals surface area contributed by atoms with E-state index in [0.717, 1.165) is 5.56 Å².